The fourth-order valence-corrected chi connectivity index (χ4v) is 2.78. The summed E-state index contributed by atoms with van der Waals surface area (Å²) in [6.45, 7) is 4.32. The third kappa shape index (κ3) is 4.40. The molecule has 5 heteroatoms. The van der Waals surface area contributed by atoms with Gasteiger partial charge in [-0.3, -0.25) is 4.79 Å². The molecule has 1 aliphatic heterocycles. The van der Waals surface area contributed by atoms with Crippen LogP contribution in [0, 0.1) is 17.8 Å². The van der Waals surface area contributed by atoms with E-state index < -0.39 is 5.97 Å². The number of nitrogens with zero attached hydrogens (tertiary/aromatic N) is 1. The lowest BCUT2D eigenvalue weighted by Gasteiger charge is -2.31. The van der Waals surface area contributed by atoms with Crippen LogP contribution in [0.1, 0.15) is 39.0 Å². The molecule has 1 atom stereocenters. The first kappa shape index (κ1) is 14.2. The van der Waals surface area contributed by atoms with Gasteiger partial charge in [-0.2, -0.15) is 0 Å². The molecule has 1 aliphatic carbocycles. The van der Waals surface area contributed by atoms with Gasteiger partial charge in [-0.05, 0) is 43.4 Å². The lowest BCUT2D eigenvalue weighted by molar-refractivity contribution is -0.138. The van der Waals surface area contributed by atoms with Gasteiger partial charge in [0.1, 0.15) is 0 Å². The van der Waals surface area contributed by atoms with Gasteiger partial charge in [0, 0.05) is 26.1 Å². The first-order valence-electron chi connectivity index (χ1n) is 7.31. The van der Waals surface area contributed by atoms with Crippen LogP contribution >= 0.6 is 0 Å². The van der Waals surface area contributed by atoms with Gasteiger partial charge in [-0.25, -0.2) is 4.79 Å². The molecule has 0 bridgehead atoms. The van der Waals surface area contributed by atoms with Crippen LogP contribution in [0.25, 0.3) is 0 Å². The minimum atomic E-state index is -0.735. The molecule has 19 heavy (non-hydrogen) atoms. The first-order valence-corrected chi connectivity index (χ1v) is 7.31. The van der Waals surface area contributed by atoms with Gasteiger partial charge in [0.25, 0.3) is 0 Å². The Morgan fingerprint density at radius 3 is 2.42 bits per heavy atom. The third-order valence-electron chi connectivity index (χ3n) is 4.37. The Labute approximate surface area is 114 Å². The number of hydrogen-bond donors (Lipinski definition) is 2. The highest BCUT2D eigenvalue weighted by Crippen LogP contribution is 2.36. The predicted octanol–water partition coefficient (Wildman–Crippen LogP) is 1.93. The van der Waals surface area contributed by atoms with Crippen molar-refractivity contribution in [2.45, 2.75) is 39.0 Å². The number of urea groups is 1. The summed E-state index contributed by atoms with van der Waals surface area (Å²) in [6, 6.07) is 0.0151. The molecule has 108 valence electrons. The van der Waals surface area contributed by atoms with Crippen LogP contribution < -0.4 is 5.32 Å². The van der Waals surface area contributed by atoms with Crippen molar-refractivity contribution in [3.8, 4) is 0 Å². The van der Waals surface area contributed by atoms with Crippen LogP contribution in [-0.2, 0) is 4.79 Å². The number of carboxylic acids is 1. The molecule has 2 aliphatic rings. The number of nitrogens with one attached hydrogen (secondary N) is 1. The van der Waals surface area contributed by atoms with E-state index in [0.29, 0.717) is 19.0 Å². The molecule has 2 rings (SSSR count). The van der Waals surface area contributed by atoms with E-state index in [-0.39, 0.29) is 18.4 Å². The normalized spacial score (nSPS) is 22.1. The Morgan fingerprint density at radius 1 is 1.26 bits per heavy atom. The largest absolute Gasteiger partial charge is 0.481 e. The van der Waals surface area contributed by atoms with Crippen molar-refractivity contribution < 1.29 is 14.7 Å². The number of rotatable bonds is 5. The summed E-state index contributed by atoms with van der Waals surface area (Å²) >= 11 is 0. The van der Waals surface area contributed by atoms with E-state index in [1.165, 1.54) is 12.8 Å². The summed E-state index contributed by atoms with van der Waals surface area (Å²) in [7, 11) is 0. The van der Waals surface area contributed by atoms with Crippen molar-refractivity contribution in [2.24, 2.45) is 17.8 Å². The van der Waals surface area contributed by atoms with Gasteiger partial charge in [0.15, 0.2) is 0 Å². The monoisotopic (exact) mass is 268 g/mol. The smallest absolute Gasteiger partial charge is 0.317 e. The Bertz CT molecular complexity index is 334. The second-order valence-corrected chi connectivity index (χ2v) is 6.03. The number of carboxylic acid groups (broad SMARTS) is 1. The van der Waals surface area contributed by atoms with Crippen molar-refractivity contribution >= 4 is 12.0 Å². The van der Waals surface area contributed by atoms with Crippen molar-refractivity contribution in [2.75, 3.05) is 19.6 Å². The highest BCUT2D eigenvalue weighted by Gasteiger charge is 2.29. The molecule has 2 fully saturated rings. The van der Waals surface area contributed by atoms with Gasteiger partial charge in [-0.15, -0.1) is 0 Å². The van der Waals surface area contributed by atoms with Crippen molar-refractivity contribution in [3.05, 3.63) is 0 Å². The zero-order chi connectivity index (χ0) is 13.8. The van der Waals surface area contributed by atoms with Crippen LogP contribution in [0.2, 0.25) is 0 Å². The topological polar surface area (TPSA) is 69.6 Å². The van der Waals surface area contributed by atoms with Crippen LogP contribution in [0.3, 0.4) is 0 Å². The van der Waals surface area contributed by atoms with Gasteiger partial charge in [0.2, 0.25) is 0 Å². The molecule has 5 nitrogen and oxygen atoms in total. The maximum Gasteiger partial charge on any atom is 0.317 e. The summed E-state index contributed by atoms with van der Waals surface area (Å²) in [4.78, 5) is 24.4. The lowest BCUT2D eigenvalue weighted by atomic mass is 9.94. The van der Waals surface area contributed by atoms with E-state index in [1.54, 1.807) is 0 Å². The first-order chi connectivity index (χ1) is 9.06. The molecular formula is C14H24N2O3. The molecule has 1 unspecified atom stereocenters. The molecule has 1 saturated heterocycles. The fourth-order valence-electron chi connectivity index (χ4n) is 2.78. The number of likely N-dealkylation sites (tertiary alicyclic amines) is 1. The van der Waals surface area contributed by atoms with Crippen LogP contribution in [0.5, 0.6) is 0 Å². The Hall–Kier alpha value is -1.26. The summed E-state index contributed by atoms with van der Waals surface area (Å²) in [5.41, 5.74) is 0. The number of carbonyl (C=O) groups is 2. The lowest BCUT2D eigenvalue weighted by Crippen LogP contribution is -2.45. The van der Waals surface area contributed by atoms with Crippen LogP contribution in [0.15, 0.2) is 0 Å². The molecule has 1 saturated carbocycles. The van der Waals surface area contributed by atoms with E-state index in [1.807, 2.05) is 4.90 Å². The number of aliphatic carboxylic acids is 1. The quantitative estimate of drug-likeness (QED) is 0.800. The van der Waals surface area contributed by atoms with E-state index in [0.717, 1.165) is 25.3 Å². The van der Waals surface area contributed by atoms with Crippen molar-refractivity contribution in [1.82, 2.24) is 10.2 Å². The summed E-state index contributed by atoms with van der Waals surface area (Å²) in [5.74, 6) is 0.878. The average molecular weight is 268 g/mol. The number of piperidine rings is 1. The molecular weight excluding hydrogens is 244 g/mol. The molecule has 0 aromatic carbocycles. The number of carbonyl (C=O) groups excluding carboxylic acids is 1. The number of hydrogen-bond acceptors (Lipinski definition) is 2. The van der Waals surface area contributed by atoms with E-state index in [4.69, 9.17) is 5.11 Å². The SMILES string of the molecule is CC(CNC(=O)N1CCC(CC(=O)O)CC1)C1CC1. The Morgan fingerprint density at radius 2 is 1.89 bits per heavy atom. The average Bonchev–Trinajstić information content (AvgIpc) is 3.20. The Balaban J connectivity index is 1.65. The molecule has 0 radical (unpaired) electrons. The zero-order valence-electron chi connectivity index (χ0n) is 11.6. The van der Waals surface area contributed by atoms with E-state index in [9.17, 15) is 9.59 Å². The van der Waals surface area contributed by atoms with Crippen molar-refractivity contribution in [1.29, 1.82) is 0 Å². The third-order valence-corrected chi connectivity index (χ3v) is 4.37. The van der Waals surface area contributed by atoms with E-state index in [2.05, 4.69) is 12.2 Å². The summed E-state index contributed by atoms with van der Waals surface area (Å²) in [5, 5.41) is 11.8. The highest BCUT2D eigenvalue weighted by molar-refractivity contribution is 5.74. The molecule has 2 N–H and O–H groups in total. The maximum absolute atomic E-state index is 12.0. The minimum Gasteiger partial charge on any atom is -0.481 e. The second kappa shape index (κ2) is 6.26. The molecule has 0 aromatic heterocycles. The highest BCUT2D eigenvalue weighted by atomic mass is 16.4. The minimum absolute atomic E-state index is 0.0151. The van der Waals surface area contributed by atoms with Gasteiger partial charge in [0.05, 0.1) is 0 Å². The van der Waals surface area contributed by atoms with Crippen LogP contribution in [-0.4, -0.2) is 41.6 Å². The van der Waals surface area contributed by atoms with Crippen molar-refractivity contribution in [3.63, 3.8) is 0 Å². The molecule has 2 amide bonds. The maximum atomic E-state index is 12.0. The fraction of sp³-hybridized carbons (Fsp3) is 0.857. The molecule has 0 spiro atoms. The number of amides is 2. The standard InChI is InChI=1S/C14H24N2O3/c1-10(12-2-3-12)9-15-14(19)16-6-4-11(5-7-16)8-13(17)18/h10-12H,2-9H2,1H3,(H,15,19)(H,17,18). The zero-order valence-corrected chi connectivity index (χ0v) is 11.6. The van der Waals surface area contributed by atoms with Crippen LogP contribution in [0.4, 0.5) is 4.79 Å². The predicted molar refractivity (Wildman–Crippen MR) is 71.8 cm³/mol. The van der Waals surface area contributed by atoms with Gasteiger partial charge >= 0.3 is 12.0 Å². The van der Waals surface area contributed by atoms with Gasteiger partial charge in [-0.1, -0.05) is 6.92 Å². The molecule has 1 heterocycles. The Kier molecular flexibility index (Phi) is 4.66. The van der Waals surface area contributed by atoms with E-state index >= 15 is 0 Å². The summed E-state index contributed by atoms with van der Waals surface area (Å²) < 4.78 is 0. The second-order valence-electron chi connectivity index (χ2n) is 6.03. The summed E-state index contributed by atoms with van der Waals surface area (Å²) in [6.07, 6.45) is 4.44. The van der Waals surface area contributed by atoms with Gasteiger partial charge < -0.3 is 15.3 Å². The molecule has 0 aromatic rings.